The molecule has 0 radical (unpaired) electrons. The molecule has 2 N–H and O–H groups in total. The maximum absolute atomic E-state index is 11.8. The van der Waals surface area contributed by atoms with Gasteiger partial charge in [-0.25, -0.2) is 0 Å². The van der Waals surface area contributed by atoms with E-state index in [1.807, 2.05) is 48.3 Å². The smallest absolute Gasteiger partial charge is 0.220 e. The van der Waals surface area contributed by atoms with E-state index in [9.17, 15) is 4.79 Å². The summed E-state index contributed by atoms with van der Waals surface area (Å²) in [7, 11) is 0. The van der Waals surface area contributed by atoms with Gasteiger partial charge in [0, 0.05) is 37.3 Å². The Morgan fingerprint density at radius 2 is 2.48 bits per heavy atom. The average molecular weight is 314 g/mol. The molecule has 0 aliphatic carbocycles. The molecule has 1 fully saturated rings. The van der Waals surface area contributed by atoms with E-state index in [1.165, 1.54) is 0 Å². The number of aryl methyl sites for hydroxylation is 1. The Morgan fingerprint density at radius 1 is 1.57 bits per heavy atom. The van der Waals surface area contributed by atoms with Crippen LogP contribution in [0.4, 0.5) is 0 Å². The highest BCUT2D eigenvalue weighted by Gasteiger charge is 2.30. The minimum atomic E-state index is -0.0337. The van der Waals surface area contributed by atoms with E-state index in [1.54, 1.807) is 6.26 Å². The quantitative estimate of drug-likeness (QED) is 0.856. The zero-order chi connectivity index (χ0) is 16.1. The number of furan rings is 1. The van der Waals surface area contributed by atoms with Crippen molar-refractivity contribution in [2.75, 3.05) is 6.54 Å². The van der Waals surface area contributed by atoms with Crippen molar-refractivity contribution in [1.82, 2.24) is 20.4 Å². The molecule has 0 bridgehead atoms. The van der Waals surface area contributed by atoms with Crippen LogP contribution in [0, 0.1) is 0 Å². The summed E-state index contributed by atoms with van der Waals surface area (Å²) < 4.78 is 7.14. The summed E-state index contributed by atoms with van der Waals surface area (Å²) in [6, 6.07) is 3.95. The van der Waals surface area contributed by atoms with Gasteiger partial charge >= 0.3 is 0 Å². The van der Waals surface area contributed by atoms with Gasteiger partial charge in [-0.05, 0) is 31.6 Å². The lowest BCUT2D eigenvalue weighted by Crippen LogP contribution is -2.48. The molecule has 0 aromatic carbocycles. The Morgan fingerprint density at radius 3 is 3.22 bits per heavy atom. The zero-order valence-corrected chi connectivity index (χ0v) is 13.2. The van der Waals surface area contributed by atoms with Gasteiger partial charge in [0.1, 0.15) is 5.76 Å². The Balaban J connectivity index is 1.62. The zero-order valence-electron chi connectivity index (χ0n) is 13.2. The molecule has 6 heteroatoms. The maximum Gasteiger partial charge on any atom is 0.220 e. The lowest BCUT2D eigenvalue weighted by molar-refractivity contribution is -0.123. The number of piperidine rings is 1. The van der Waals surface area contributed by atoms with E-state index in [0.717, 1.165) is 30.8 Å². The van der Waals surface area contributed by atoms with E-state index in [4.69, 9.17) is 4.42 Å². The Kier molecular flexibility index (Phi) is 4.92. The Bertz CT molecular complexity index is 660. The van der Waals surface area contributed by atoms with Gasteiger partial charge in [-0.1, -0.05) is 6.08 Å². The van der Waals surface area contributed by atoms with Gasteiger partial charge < -0.3 is 15.1 Å². The molecule has 2 aromatic heterocycles. The first kappa shape index (κ1) is 15.6. The van der Waals surface area contributed by atoms with Crippen LogP contribution in [0.5, 0.6) is 0 Å². The molecule has 3 rings (SSSR count). The molecule has 1 amide bonds. The number of hydrogen-bond acceptors (Lipinski definition) is 4. The van der Waals surface area contributed by atoms with Crippen LogP contribution in [0.2, 0.25) is 0 Å². The summed E-state index contributed by atoms with van der Waals surface area (Å²) in [6.07, 6.45) is 10.8. The van der Waals surface area contributed by atoms with Crippen molar-refractivity contribution in [2.45, 2.75) is 38.4 Å². The van der Waals surface area contributed by atoms with Gasteiger partial charge in [0.05, 0.1) is 18.5 Å². The normalized spacial score (nSPS) is 21.7. The third kappa shape index (κ3) is 3.90. The second-order valence-electron chi connectivity index (χ2n) is 5.65. The van der Waals surface area contributed by atoms with Gasteiger partial charge in [0.25, 0.3) is 0 Å². The van der Waals surface area contributed by atoms with Crippen LogP contribution in [0.3, 0.4) is 0 Å². The molecule has 1 aliphatic heterocycles. The van der Waals surface area contributed by atoms with Crippen LogP contribution >= 0.6 is 0 Å². The monoisotopic (exact) mass is 314 g/mol. The van der Waals surface area contributed by atoms with Crippen LogP contribution in [0.1, 0.15) is 37.1 Å². The molecule has 2 aromatic rings. The van der Waals surface area contributed by atoms with Crippen LogP contribution in [-0.2, 0) is 11.3 Å². The first-order chi connectivity index (χ1) is 11.3. The van der Waals surface area contributed by atoms with Crippen molar-refractivity contribution in [2.24, 2.45) is 0 Å². The number of rotatable bonds is 6. The SMILES string of the molecule is CCn1cc([C@@H]2NC(=O)CC[C@H]2NC/C=C/c2ccco2)cn1. The fourth-order valence-electron chi connectivity index (χ4n) is 2.83. The third-order valence-corrected chi connectivity index (χ3v) is 4.06. The molecule has 1 saturated heterocycles. The second kappa shape index (κ2) is 7.28. The summed E-state index contributed by atoms with van der Waals surface area (Å²) >= 11 is 0. The fourth-order valence-corrected chi connectivity index (χ4v) is 2.83. The molecular weight excluding hydrogens is 292 g/mol. The summed E-state index contributed by atoms with van der Waals surface area (Å²) in [6.45, 7) is 3.59. The van der Waals surface area contributed by atoms with E-state index in [2.05, 4.69) is 15.7 Å². The lowest BCUT2D eigenvalue weighted by Gasteiger charge is -2.32. The first-order valence-corrected chi connectivity index (χ1v) is 8.01. The molecule has 1 aliphatic rings. The van der Waals surface area contributed by atoms with Gasteiger partial charge in [-0.2, -0.15) is 5.10 Å². The van der Waals surface area contributed by atoms with Gasteiger partial charge in [-0.15, -0.1) is 0 Å². The highest BCUT2D eigenvalue weighted by Crippen LogP contribution is 2.23. The molecule has 2 atom stereocenters. The summed E-state index contributed by atoms with van der Waals surface area (Å²) in [5.74, 6) is 0.938. The van der Waals surface area contributed by atoms with E-state index < -0.39 is 0 Å². The van der Waals surface area contributed by atoms with Crippen molar-refractivity contribution >= 4 is 12.0 Å². The highest BCUT2D eigenvalue weighted by atomic mass is 16.3. The standard InChI is InChI=1S/C17H22N4O2/c1-2-21-12-13(11-19-21)17-15(7-8-16(22)20-17)18-9-3-5-14-6-4-10-23-14/h3-6,10-12,15,17-18H,2,7-9H2,1H3,(H,20,22)/b5-3+/t15-,17+/m1/s1. The number of nitrogens with zero attached hydrogens (tertiary/aromatic N) is 2. The first-order valence-electron chi connectivity index (χ1n) is 8.01. The topological polar surface area (TPSA) is 72.1 Å². The minimum Gasteiger partial charge on any atom is -0.465 e. The van der Waals surface area contributed by atoms with Gasteiger partial charge in [0.15, 0.2) is 0 Å². The number of amides is 1. The van der Waals surface area contributed by atoms with Crippen LogP contribution in [0.25, 0.3) is 6.08 Å². The molecule has 23 heavy (non-hydrogen) atoms. The predicted octanol–water partition coefficient (Wildman–Crippen LogP) is 2.12. The fraction of sp³-hybridized carbons (Fsp3) is 0.412. The largest absolute Gasteiger partial charge is 0.465 e. The number of aromatic nitrogens is 2. The Hall–Kier alpha value is -2.34. The van der Waals surface area contributed by atoms with E-state index >= 15 is 0 Å². The average Bonchev–Trinajstić information content (AvgIpc) is 3.24. The number of carbonyl (C=O) groups excluding carboxylic acids is 1. The lowest BCUT2D eigenvalue weighted by atomic mass is 9.94. The molecular formula is C17H22N4O2. The summed E-state index contributed by atoms with van der Waals surface area (Å²) in [4.78, 5) is 11.8. The molecule has 0 spiro atoms. The van der Waals surface area contributed by atoms with Gasteiger partial charge in [0.2, 0.25) is 5.91 Å². The molecule has 0 saturated carbocycles. The molecule has 122 valence electrons. The van der Waals surface area contributed by atoms with Crippen LogP contribution < -0.4 is 10.6 Å². The van der Waals surface area contributed by atoms with Crippen molar-refractivity contribution in [3.05, 3.63) is 48.2 Å². The third-order valence-electron chi connectivity index (χ3n) is 4.06. The summed E-state index contributed by atoms with van der Waals surface area (Å²) in [5.41, 5.74) is 1.05. The van der Waals surface area contributed by atoms with Crippen LogP contribution in [0.15, 0.2) is 41.3 Å². The van der Waals surface area contributed by atoms with Gasteiger partial charge in [-0.3, -0.25) is 9.48 Å². The van der Waals surface area contributed by atoms with Crippen molar-refractivity contribution in [3.8, 4) is 0 Å². The van der Waals surface area contributed by atoms with Crippen molar-refractivity contribution in [3.63, 3.8) is 0 Å². The van der Waals surface area contributed by atoms with E-state index in [0.29, 0.717) is 6.42 Å². The number of nitrogens with one attached hydrogen (secondary N) is 2. The molecule has 6 nitrogen and oxygen atoms in total. The van der Waals surface area contributed by atoms with Crippen LogP contribution in [-0.4, -0.2) is 28.3 Å². The molecule has 0 unspecified atom stereocenters. The molecule has 3 heterocycles. The summed E-state index contributed by atoms with van der Waals surface area (Å²) in [5, 5.41) is 10.9. The minimum absolute atomic E-state index is 0.0337. The van der Waals surface area contributed by atoms with Crippen molar-refractivity contribution in [1.29, 1.82) is 0 Å². The second-order valence-corrected chi connectivity index (χ2v) is 5.65. The Labute approximate surface area is 135 Å². The number of hydrogen-bond donors (Lipinski definition) is 2. The number of carbonyl (C=O) groups is 1. The van der Waals surface area contributed by atoms with Crippen molar-refractivity contribution < 1.29 is 9.21 Å². The maximum atomic E-state index is 11.8. The highest BCUT2D eigenvalue weighted by molar-refractivity contribution is 5.77. The van der Waals surface area contributed by atoms with E-state index in [-0.39, 0.29) is 18.0 Å². The predicted molar refractivity (Wildman–Crippen MR) is 87.6 cm³/mol.